The number of sulfonamides is 1. The molecule has 0 saturated carbocycles. The van der Waals surface area contributed by atoms with E-state index < -0.39 is 10.0 Å². The fraction of sp³-hybridized carbons (Fsp3) is 0.400. The summed E-state index contributed by atoms with van der Waals surface area (Å²) in [5.41, 5.74) is 1.60. The lowest BCUT2D eigenvalue weighted by Crippen LogP contribution is -2.31. The zero-order valence-corrected chi connectivity index (χ0v) is 17.4. The number of amides is 2. The van der Waals surface area contributed by atoms with Gasteiger partial charge in [0.1, 0.15) is 0 Å². The average Bonchev–Trinajstić information content (AvgIpc) is 2.70. The molecule has 2 rings (SSSR count). The van der Waals surface area contributed by atoms with Crippen molar-refractivity contribution in [1.29, 1.82) is 0 Å². The van der Waals surface area contributed by atoms with Crippen LogP contribution in [0.15, 0.2) is 54.9 Å². The Bertz CT molecular complexity index is 832. The van der Waals surface area contributed by atoms with Gasteiger partial charge in [0.2, 0.25) is 10.0 Å². The van der Waals surface area contributed by atoms with Crippen LogP contribution < -0.4 is 10.6 Å². The fourth-order valence-corrected chi connectivity index (χ4v) is 3.28. The maximum atomic E-state index is 11.9. The number of pyridine rings is 1. The molecule has 29 heavy (non-hydrogen) atoms. The third-order valence-electron chi connectivity index (χ3n) is 4.08. The second kappa shape index (κ2) is 12.2. The monoisotopic (exact) mass is 420 g/mol. The first-order valence-electron chi connectivity index (χ1n) is 9.54. The van der Waals surface area contributed by atoms with Gasteiger partial charge in [0.25, 0.3) is 0 Å². The van der Waals surface area contributed by atoms with Crippen LogP contribution in [0.25, 0.3) is 0 Å². The van der Waals surface area contributed by atoms with E-state index in [4.69, 9.17) is 4.84 Å². The Kier molecular flexibility index (Phi) is 9.55. The minimum Gasteiger partial charge on any atom is -0.338 e. The smallest absolute Gasteiger partial charge is 0.319 e. The molecule has 1 heterocycles. The molecule has 0 aliphatic heterocycles. The summed E-state index contributed by atoms with van der Waals surface area (Å²) in [5.74, 6) is 0. The highest BCUT2D eigenvalue weighted by atomic mass is 32.2. The molecular formula is C20H28N4O4S. The number of urea groups is 1. The van der Waals surface area contributed by atoms with Gasteiger partial charge in [-0.25, -0.2) is 13.2 Å². The molecule has 2 amide bonds. The summed E-state index contributed by atoms with van der Waals surface area (Å²) in [6, 6.07) is 12.6. The molecule has 158 valence electrons. The van der Waals surface area contributed by atoms with E-state index in [2.05, 4.69) is 15.6 Å². The third kappa shape index (κ3) is 9.51. The number of nitrogens with one attached hydrogen (secondary N) is 2. The van der Waals surface area contributed by atoms with Gasteiger partial charge in [-0.3, -0.25) is 9.82 Å². The maximum Gasteiger partial charge on any atom is 0.319 e. The fourth-order valence-electron chi connectivity index (χ4n) is 2.58. The first kappa shape index (κ1) is 22.8. The van der Waals surface area contributed by atoms with Crippen LogP contribution in [0.3, 0.4) is 0 Å². The van der Waals surface area contributed by atoms with Crippen molar-refractivity contribution in [3.63, 3.8) is 0 Å². The summed E-state index contributed by atoms with van der Waals surface area (Å²) in [6.45, 7) is 1.07. The van der Waals surface area contributed by atoms with Gasteiger partial charge >= 0.3 is 6.03 Å². The van der Waals surface area contributed by atoms with Gasteiger partial charge in [-0.2, -0.15) is 0 Å². The highest BCUT2D eigenvalue weighted by Crippen LogP contribution is 2.09. The SMILES string of the molecule is CS(=O)(=O)N(CCCCCCNC(=O)Nc1ccncc1)OCc1ccccc1. The summed E-state index contributed by atoms with van der Waals surface area (Å²) in [6.07, 6.45) is 7.58. The Morgan fingerprint density at radius 1 is 1.03 bits per heavy atom. The highest BCUT2D eigenvalue weighted by molar-refractivity contribution is 7.88. The summed E-state index contributed by atoms with van der Waals surface area (Å²) in [4.78, 5) is 21.1. The molecule has 2 aromatic rings. The molecule has 1 aromatic heterocycles. The van der Waals surface area contributed by atoms with E-state index in [0.717, 1.165) is 35.6 Å². The number of unbranched alkanes of at least 4 members (excludes halogenated alkanes) is 3. The van der Waals surface area contributed by atoms with Crippen molar-refractivity contribution in [2.75, 3.05) is 24.7 Å². The van der Waals surface area contributed by atoms with E-state index in [-0.39, 0.29) is 12.6 Å². The van der Waals surface area contributed by atoms with Gasteiger partial charge in [0.15, 0.2) is 0 Å². The number of hydrogen-bond donors (Lipinski definition) is 2. The van der Waals surface area contributed by atoms with Crippen LogP contribution in [0.2, 0.25) is 0 Å². The van der Waals surface area contributed by atoms with E-state index in [1.54, 1.807) is 24.5 Å². The van der Waals surface area contributed by atoms with Crippen LogP contribution in [-0.2, 0) is 21.5 Å². The van der Waals surface area contributed by atoms with E-state index in [1.807, 2.05) is 30.3 Å². The molecule has 8 nitrogen and oxygen atoms in total. The molecule has 1 aromatic carbocycles. The summed E-state index contributed by atoms with van der Waals surface area (Å²) >= 11 is 0. The lowest BCUT2D eigenvalue weighted by molar-refractivity contribution is -0.0962. The minimum absolute atomic E-state index is 0.213. The van der Waals surface area contributed by atoms with Crippen molar-refractivity contribution in [2.24, 2.45) is 0 Å². The van der Waals surface area contributed by atoms with Crippen molar-refractivity contribution >= 4 is 21.7 Å². The lowest BCUT2D eigenvalue weighted by atomic mass is 10.2. The molecule has 9 heteroatoms. The van der Waals surface area contributed by atoms with E-state index in [9.17, 15) is 13.2 Å². The molecule has 0 unspecified atom stereocenters. The minimum atomic E-state index is -3.43. The molecule has 0 saturated heterocycles. The molecule has 0 bridgehead atoms. The second-order valence-corrected chi connectivity index (χ2v) is 8.45. The third-order valence-corrected chi connectivity index (χ3v) is 5.11. The van der Waals surface area contributed by atoms with E-state index in [0.29, 0.717) is 25.2 Å². The van der Waals surface area contributed by atoms with Crippen molar-refractivity contribution in [3.05, 3.63) is 60.4 Å². The molecule has 2 N–H and O–H groups in total. The molecule has 0 aliphatic rings. The predicted octanol–water partition coefficient (Wildman–Crippen LogP) is 3.16. The van der Waals surface area contributed by atoms with Crippen molar-refractivity contribution in [2.45, 2.75) is 32.3 Å². The number of hydrogen-bond acceptors (Lipinski definition) is 5. The average molecular weight is 421 g/mol. The Balaban J connectivity index is 1.59. The Morgan fingerprint density at radius 2 is 1.72 bits per heavy atom. The molecule has 0 fully saturated rings. The van der Waals surface area contributed by atoms with Gasteiger partial charge in [0, 0.05) is 31.2 Å². The molecule has 0 aliphatic carbocycles. The quantitative estimate of drug-likeness (QED) is 0.406. The number of carbonyl (C=O) groups excluding carboxylic acids is 1. The number of anilines is 1. The zero-order valence-electron chi connectivity index (χ0n) is 16.6. The predicted molar refractivity (Wildman–Crippen MR) is 113 cm³/mol. The molecule has 0 spiro atoms. The van der Waals surface area contributed by atoms with Crippen molar-refractivity contribution < 1.29 is 18.0 Å². The number of carbonyl (C=O) groups is 1. The summed E-state index contributed by atoms with van der Waals surface area (Å²) in [7, 11) is -3.43. The number of hydroxylamine groups is 1. The molecular weight excluding hydrogens is 392 g/mol. The van der Waals surface area contributed by atoms with Crippen molar-refractivity contribution in [3.8, 4) is 0 Å². The molecule has 0 radical (unpaired) electrons. The topological polar surface area (TPSA) is 101 Å². The van der Waals surface area contributed by atoms with Gasteiger partial charge in [-0.1, -0.05) is 47.6 Å². The van der Waals surface area contributed by atoms with E-state index in [1.165, 1.54) is 0 Å². The van der Waals surface area contributed by atoms with Gasteiger partial charge in [-0.15, -0.1) is 0 Å². The van der Waals surface area contributed by atoms with Crippen LogP contribution in [0.4, 0.5) is 10.5 Å². The Morgan fingerprint density at radius 3 is 2.41 bits per heavy atom. The zero-order chi connectivity index (χ0) is 21.0. The van der Waals surface area contributed by atoms with Crippen LogP contribution in [0.5, 0.6) is 0 Å². The van der Waals surface area contributed by atoms with Gasteiger partial charge in [0.05, 0.1) is 12.9 Å². The highest BCUT2D eigenvalue weighted by Gasteiger charge is 2.17. The number of nitrogens with zero attached hydrogens (tertiary/aromatic N) is 2. The maximum absolute atomic E-state index is 11.9. The Hall–Kier alpha value is -2.49. The van der Waals surface area contributed by atoms with Crippen molar-refractivity contribution in [1.82, 2.24) is 14.8 Å². The second-order valence-electron chi connectivity index (χ2n) is 6.58. The summed E-state index contributed by atoms with van der Waals surface area (Å²) in [5, 5.41) is 5.52. The van der Waals surface area contributed by atoms with Gasteiger partial charge in [-0.05, 0) is 30.5 Å². The largest absolute Gasteiger partial charge is 0.338 e. The normalized spacial score (nSPS) is 11.4. The van der Waals surface area contributed by atoms with E-state index >= 15 is 0 Å². The number of aromatic nitrogens is 1. The standard InChI is InChI=1S/C20H28N4O4S/c1-29(26,27)24(28-17-18-9-5-4-6-10-18)16-8-3-2-7-13-22-20(25)23-19-11-14-21-15-12-19/h4-6,9-12,14-15H,2-3,7-8,13,16-17H2,1H3,(H2,21,22,23,25). The first-order chi connectivity index (χ1) is 13.9. The first-order valence-corrected chi connectivity index (χ1v) is 11.4. The number of benzene rings is 1. The van der Waals surface area contributed by atoms with Crippen LogP contribution in [-0.4, -0.2) is 43.2 Å². The number of rotatable bonds is 12. The van der Waals surface area contributed by atoms with Crippen LogP contribution in [0.1, 0.15) is 31.2 Å². The Labute approximate surface area is 172 Å². The summed E-state index contributed by atoms with van der Waals surface area (Å²) < 4.78 is 24.8. The van der Waals surface area contributed by atoms with Crippen LogP contribution in [0, 0.1) is 0 Å². The lowest BCUT2D eigenvalue weighted by Gasteiger charge is -2.19. The van der Waals surface area contributed by atoms with Gasteiger partial charge < -0.3 is 10.6 Å². The van der Waals surface area contributed by atoms with Crippen LogP contribution >= 0.6 is 0 Å². The molecule has 0 atom stereocenters.